The Morgan fingerprint density at radius 3 is 2.41 bits per heavy atom. The number of benzene rings is 1. The van der Waals surface area contributed by atoms with Crippen molar-refractivity contribution in [2.24, 2.45) is 40.4 Å². The quantitative estimate of drug-likeness (QED) is 0.608. The number of methoxy groups -OCH3 is 1. The Labute approximate surface area is 194 Å². The Morgan fingerprint density at radius 2 is 1.66 bits per heavy atom. The molecule has 0 aromatic heterocycles. The molecule has 4 aliphatic rings. The zero-order valence-electron chi connectivity index (χ0n) is 20.0. The second-order valence-electron chi connectivity index (χ2n) is 11.8. The number of rotatable bonds is 2. The number of fused-ring (bicyclic) bond motifs is 5. The van der Waals surface area contributed by atoms with Crippen LogP contribution in [0.3, 0.4) is 0 Å². The molecule has 3 nitrogen and oxygen atoms in total. The maximum absolute atomic E-state index is 11.2. The number of aliphatic hydroxyl groups excluding tert-OH is 2. The lowest BCUT2D eigenvalue weighted by atomic mass is 9.44. The fraction of sp³-hybridized carbons (Fsp3) is 0.724. The first-order valence-corrected chi connectivity index (χ1v) is 12.9. The Hall–Kier alpha value is -1.50. The van der Waals surface area contributed by atoms with Crippen LogP contribution in [0.1, 0.15) is 77.2 Å². The first kappa shape index (κ1) is 22.3. The highest BCUT2D eigenvalue weighted by molar-refractivity contribution is 5.39. The maximum atomic E-state index is 11.2. The molecule has 1 aromatic rings. The van der Waals surface area contributed by atoms with Crippen molar-refractivity contribution in [3.8, 4) is 17.6 Å². The molecular weight excluding hydrogens is 396 g/mol. The minimum atomic E-state index is -0.555. The van der Waals surface area contributed by atoms with E-state index in [1.165, 1.54) is 38.5 Å². The van der Waals surface area contributed by atoms with Gasteiger partial charge in [-0.3, -0.25) is 0 Å². The molecule has 1 unspecified atom stereocenters. The lowest BCUT2D eigenvalue weighted by molar-refractivity contribution is -0.130. The van der Waals surface area contributed by atoms with E-state index in [4.69, 9.17) is 4.74 Å². The van der Waals surface area contributed by atoms with Crippen LogP contribution in [-0.2, 0) is 0 Å². The van der Waals surface area contributed by atoms with Crippen molar-refractivity contribution in [1.29, 1.82) is 0 Å². The molecule has 174 valence electrons. The summed E-state index contributed by atoms with van der Waals surface area (Å²) in [7, 11) is 1.67. The van der Waals surface area contributed by atoms with Crippen molar-refractivity contribution in [2.45, 2.75) is 83.8 Å². The molecular formula is C29H40O3. The van der Waals surface area contributed by atoms with Gasteiger partial charge in [-0.05, 0) is 117 Å². The monoisotopic (exact) mass is 436 g/mol. The van der Waals surface area contributed by atoms with Gasteiger partial charge >= 0.3 is 0 Å². The lowest BCUT2D eigenvalue weighted by Gasteiger charge is -2.61. The van der Waals surface area contributed by atoms with Crippen LogP contribution < -0.4 is 4.74 Å². The molecule has 32 heavy (non-hydrogen) atoms. The number of ether oxygens (including phenoxy) is 1. The maximum Gasteiger partial charge on any atom is 0.118 e. The van der Waals surface area contributed by atoms with Gasteiger partial charge in [0.25, 0.3) is 0 Å². The molecule has 2 N–H and O–H groups in total. The number of hydrogen-bond donors (Lipinski definition) is 2. The van der Waals surface area contributed by atoms with Gasteiger partial charge in [0.1, 0.15) is 11.9 Å². The van der Waals surface area contributed by atoms with Crippen LogP contribution >= 0.6 is 0 Å². The minimum absolute atomic E-state index is 0.0752. The van der Waals surface area contributed by atoms with E-state index in [-0.39, 0.29) is 17.4 Å². The molecule has 0 heterocycles. The smallest absolute Gasteiger partial charge is 0.118 e. The zero-order chi connectivity index (χ0) is 22.5. The van der Waals surface area contributed by atoms with Crippen molar-refractivity contribution in [1.82, 2.24) is 0 Å². The van der Waals surface area contributed by atoms with Crippen molar-refractivity contribution in [3.05, 3.63) is 29.8 Å². The molecule has 4 aliphatic carbocycles. The summed E-state index contributed by atoms with van der Waals surface area (Å²) in [5.74, 6) is 10.5. The third-order valence-electron chi connectivity index (χ3n) is 10.5. The zero-order valence-corrected chi connectivity index (χ0v) is 20.0. The number of aliphatic hydroxyl groups is 2. The highest BCUT2D eigenvalue weighted by Crippen LogP contribution is 2.67. The van der Waals surface area contributed by atoms with Gasteiger partial charge in [0.2, 0.25) is 0 Å². The predicted octanol–water partition coefficient (Wildman–Crippen LogP) is 5.43. The van der Waals surface area contributed by atoms with Crippen molar-refractivity contribution >= 4 is 0 Å². The van der Waals surface area contributed by atoms with E-state index in [1.54, 1.807) is 7.11 Å². The summed E-state index contributed by atoms with van der Waals surface area (Å²) in [6, 6.07) is 7.77. The standard InChI is InChI=1S/C29H40O3/c1-28-16-14-21(30)18-20(28)7-10-23-24-11-12-26(29(24,2)17-15-25(23)28)27(31)13-6-19-4-8-22(32-3)9-5-19/h4-5,8-9,20-21,23-27,30-31H,7,10-12,14-18H2,1-3H3/t20-,21+,23-,24-,25-,26+,27?,28-,29-/m0/s1. The van der Waals surface area contributed by atoms with Gasteiger partial charge in [0, 0.05) is 11.5 Å². The molecule has 0 radical (unpaired) electrons. The van der Waals surface area contributed by atoms with Crippen LogP contribution in [0.4, 0.5) is 0 Å². The summed E-state index contributed by atoms with van der Waals surface area (Å²) in [6.45, 7) is 5.01. The summed E-state index contributed by atoms with van der Waals surface area (Å²) in [4.78, 5) is 0. The Balaban J connectivity index is 1.32. The average molecular weight is 437 g/mol. The molecule has 0 spiro atoms. The summed E-state index contributed by atoms with van der Waals surface area (Å²) in [6.07, 6.45) is 10.0. The van der Waals surface area contributed by atoms with Crippen LogP contribution in [-0.4, -0.2) is 29.5 Å². The van der Waals surface area contributed by atoms with E-state index in [0.717, 1.165) is 42.4 Å². The largest absolute Gasteiger partial charge is 0.497 e. The highest BCUT2D eigenvalue weighted by atomic mass is 16.5. The Kier molecular flexibility index (Phi) is 5.83. The summed E-state index contributed by atoms with van der Waals surface area (Å²) < 4.78 is 5.23. The molecule has 0 amide bonds. The van der Waals surface area contributed by atoms with Crippen LogP contribution in [0.5, 0.6) is 5.75 Å². The Morgan fingerprint density at radius 1 is 0.938 bits per heavy atom. The highest BCUT2D eigenvalue weighted by Gasteiger charge is 2.60. The normalized spacial score (nSPS) is 43.8. The second-order valence-corrected chi connectivity index (χ2v) is 11.8. The molecule has 4 fully saturated rings. The molecule has 4 saturated carbocycles. The van der Waals surface area contributed by atoms with Gasteiger partial charge in [-0.2, -0.15) is 0 Å². The van der Waals surface area contributed by atoms with E-state index in [1.807, 2.05) is 24.3 Å². The molecule has 0 aliphatic heterocycles. The third kappa shape index (κ3) is 3.59. The van der Waals surface area contributed by atoms with Crippen LogP contribution in [0.2, 0.25) is 0 Å². The second kappa shape index (κ2) is 8.37. The van der Waals surface area contributed by atoms with Crippen LogP contribution in [0.25, 0.3) is 0 Å². The first-order valence-electron chi connectivity index (χ1n) is 12.9. The van der Waals surface area contributed by atoms with Gasteiger partial charge in [-0.15, -0.1) is 0 Å². The summed E-state index contributed by atoms with van der Waals surface area (Å²) >= 11 is 0. The van der Waals surface area contributed by atoms with E-state index in [0.29, 0.717) is 17.3 Å². The summed E-state index contributed by atoms with van der Waals surface area (Å²) in [5.41, 5.74) is 1.54. The summed E-state index contributed by atoms with van der Waals surface area (Å²) in [5, 5.41) is 21.4. The molecule has 0 bridgehead atoms. The van der Waals surface area contributed by atoms with Gasteiger partial charge in [0.05, 0.1) is 13.2 Å². The van der Waals surface area contributed by atoms with E-state index in [9.17, 15) is 10.2 Å². The van der Waals surface area contributed by atoms with E-state index >= 15 is 0 Å². The van der Waals surface area contributed by atoms with Gasteiger partial charge < -0.3 is 14.9 Å². The third-order valence-corrected chi connectivity index (χ3v) is 10.5. The van der Waals surface area contributed by atoms with Crippen LogP contribution in [0.15, 0.2) is 24.3 Å². The topological polar surface area (TPSA) is 49.7 Å². The van der Waals surface area contributed by atoms with Gasteiger partial charge in [0.15, 0.2) is 0 Å². The van der Waals surface area contributed by atoms with Crippen molar-refractivity contribution in [2.75, 3.05) is 7.11 Å². The van der Waals surface area contributed by atoms with Gasteiger partial charge in [-0.1, -0.05) is 25.7 Å². The van der Waals surface area contributed by atoms with Crippen LogP contribution in [0, 0.1) is 52.3 Å². The average Bonchev–Trinajstić information content (AvgIpc) is 3.15. The SMILES string of the molecule is COc1ccc(C#CC(O)[C@H]2CC[C@H]3[C@@H]4CC[C@H]5C[C@H](O)CC[C@]5(C)[C@H]4CC[C@]23C)cc1. The fourth-order valence-electron chi connectivity index (χ4n) is 8.73. The van der Waals surface area contributed by atoms with Crippen molar-refractivity contribution in [3.63, 3.8) is 0 Å². The van der Waals surface area contributed by atoms with Crippen molar-refractivity contribution < 1.29 is 14.9 Å². The molecule has 9 atom stereocenters. The fourth-order valence-corrected chi connectivity index (χ4v) is 8.73. The first-order chi connectivity index (χ1) is 15.3. The minimum Gasteiger partial charge on any atom is -0.497 e. The molecule has 5 rings (SSSR count). The molecule has 3 heteroatoms. The van der Waals surface area contributed by atoms with Gasteiger partial charge in [-0.25, -0.2) is 0 Å². The predicted molar refractivity (Wildman–Crippen MR) is 127 cm³/mol. The number of hydrogen-bond acceptors (Lipinski definition) is 3. The molecule has 1 aromatic carbocycles. The lowest BCUT2D eigenvalue weighted by Crippen LogP contribution is -2.54. The van der Waals surface area contributed by atoms with E-state index in [2.05, 4.69) is 25.7 Å². The molecule has 0 saturated heterocycles. The Bertz CT molecular complexity index is 882. The van der Waals surface area contributed by atoms with E-state index < -0.39 is 6.10 Å².